The van der Waals surface area contributed by atoms with Crippen molar-refractivity contribution in [2.75, 3.05) is 33.8 Å². The number of methoxy groups -OCH3 is 1. The molecular weight excluding hydrogens is 306 g/mol. The summed E-state index contributed by atoms with van der Waals surface area (Å²) in [5, 5.41) is 5.57. The minimum Gasteiger partial charge on any atom is -0.481 e. The lowest BCUT2D eigenvalue weighted by Crippen LogP contribution is -2.29. The number of nitrogens with one attached hydrogen (secondary N) is 1. The smallest absolute Gasteiger partial charge is 0.221 e. The van der Waals surface area contributed by atoms with E-state index in [1.165, 1.54) is 29.5 Å². The Morgan fingerprint density at radius 3 is 2.83 bits per heavy atom. The van der Waals surface area contributed by atoms with Crippen molar-refractivity contribution in [3.63, 3.8) is 0 Å². The van der Waals surface area contributed by atoms with Crippen molar-refractivity contribution in [2.45, 2.75) is 24.2 Å². The van der Waals surface area contributed by atoms with Crippen LogP contribution in [0.2, 0.25) is 0 Å². The third kappa shape index (κ3) is 3.97. The van der Waals surface area contributed by atoms with Crippen LogP contribution in [0.1, 0.15) is 19.3 Å². The standard InChI is InChI=1S/C18H25N3OS/c1-19-10-6-14-8-12-21(13-9-14)23-17-5-3-4-16-15(17)7-11-20-18(16)22-2/h3-5,7,11,14,19H,6,8-10,12-13H2,1-2H3. The van der Waals surface area contributed by atoms with Crippen molar-refractivity contribution < 1.29 is 4.74 Å². The molecule has 1 aromatic carbocycles. The summed E-state index contributed by atoms with van der Waals surface area (Å²) in [6.07, 6.45) is 5.72. The summed E-state index contributed by atoms with van der Waals surface area (Å²) in [6.45, 7) is 3.46. The highest BCUT2D eigenvalue weighted by Gasteiger charge is 2.20. The van der Waals surface area contributed by atoms with E-state index in [1.807, 2.05) is 25.2 Å². The molecule has 0 bridgehead atoms. The number of fused-ring (bicyclic) bond motifs is 1. The molecule has 1 aromatic heterocycles. The molecule has 124 valence electrons. The first kappa shape index (κ1) is 16.6. The number of ether oxygens (including phenoxy) is 1. The van der Waals surface area contributed by atoms with Crippen LogP contribution in [0.15, 0.2) is 35.4 Å². The van der Waals surface area contributed by atoms with Gasteiger partial charge in [-0.3, -0.25) is 0 Å². The van der Waals surface area contributed by atoms with Gasteiger partial charge >= 0.3 is 0 Å². The summed E-state index contributed by atoms with van der Waals surface area (Å²) in [6, 6.07) is 8.45. The summed E-state index contributed by atoms with van der Waals surface area (Å²) in [7, 11) is 3.71. The molecule has 3 rings (SSSR count). The fourth-order valence-electron chi connectivity index (χ4n) is 3.17. The summed E-state index contributed by atoms with van der Waals surface area (Å²) in [5.74, 6) is 1.58. The van der Waals surface area contributed by atoms with Crippen LogP contribution in [0.5, 0.6) is 5.88 Å². The van der Waals surface area contributed by atoms with Gasteiger partial charge in [-0.25, -0.2) is 9.29 Å². The minimum atomic E-state index is 0.704. The number of hydrogen-bond donors (Lipinski definition) is 1. The quantitative estimate of drug-likeness (QED) is 0.819. The molecule has 1 saturated heterocycles. The van der Waals surface area contributed by atoms with E-state index in [4.69, 9.17) is 4.74 Å². The molecule has 0 radical (unpaired) electrons. The van der Waals surface area contributed by atoms with E-state index in [0.717, 1.165) is 30.9 Å². The molecule has 5 heteroatoms. The van der Waals surface area contributed by atoms with Crippen LogP contribution < -0.4 is 10.1 Å². The van der Waals surface area contributed by atoms with Crippen LogP contribution in [-0.2, 0) is 0 Å². The first-order valence-corrected chi connectivity index (χ1v) is 9.08. The van der Waals surface area contributed by atoms with E-state index in [1.54, 1.807) is 7.11 Å². The Balaban J connectivity index is 1.68. The van der Waals surface area contributed by atoms with Crippen LogP contribution in [0.4, 0.5) is 0 Å². The molecule has 0 aliphatic carbocycles. The van der Waals surface area contributed by atoms with Gasteiger partial charge in [0.05, 0.1) is 7.11 Å². The number of pyridine rings is 1. The van der Waals surface area contributed by atoms with Crippen molar-refractivity contribution in [2.24, 2.45) is 5.92 Å². The van der Waals surface area contributed by atoms with E-state index in [0.29, 0.717) is 5.88 Å². The molecule has 0 unspecified atom stereocenters. The topological polar surface area (TPSA) is 37.4 Å². The fourth-order valence-corrected chi connectivity index (χ4v) is 4.26. The van der Waals surface area contributed by atoms with Gasteiger partial charge in [0.25, 0.3) is 0 Å². The number of aromatic nitrogens is 1. The molecule has 0 amide bonds. The Bertz CT molecular complexity index is 641. The second-order valence-electron chi connectivity index (χ2n) is 6.03. The number of piperidine rings is 1. The lowest BCUT2D eigenvalue weighted by molar-refractivity contribution is 0.279. The van der Waals surface area contributed by atoms with E-state index >= 15 is 0 Å². The van der Waals surface area contributed by atoms with E-state index in [-0.39, 0.29) is 0 Å². The van der Waals surface area contributed by atoms with Gasteiger partial charge in [0.15, 0.2) is 0 Å². The lowest BCUT2D eigenvalue weighted by Gasteiger charge is -2.31. The zero-order valence-electron chi connectivity index (χ0n) is 13.9. The SMILES string of the molecule is CNCCC1CCN(Sc2cccc3c(OC)nccc23)CC1. The summed E-state index contributed by atoms with van der Waals surface area (Å²) in [5.41, 5.74) is 0. The second-order valence-corrected chi connectivity index (χ2v) is 7.17. The van der Waals surface area contributed by atoms with Gasteiger partial charge in [-0.1, -0.05) is 6.07 Å². The van der Waals surface area contributed by atoms with E-state index < -0.39 is 0 Å². The zero-order valence-corrected chi connectivity index (χ0v) is 14.7. The first-order chi connectivity index (χ1) is 11.3. The fraction of sp³-hybridized carbons (Fsp3) is 0.500. The molecule has 2 heterocycles. The van der Waals surface area contributed by atoms with Crippen LogP contribution in [0.25, 0.3) is 10.8 Å². The molecular formula is C18H25N3OS. The Kier molecular flexibility index (Phi) is 5.75. The van der Waals surface area contributed by atoms with Crippen molar-refractivity contribution in [3.8, 4) is 5.88 Å². The maximum Gasteiger partial charge on any atom is 0.221 e. The average Bonchev–Trinajstić information content (AvgIpc) is 2.61. The summed E-state index contributed by atoms with van der Waals surface area (Å²) >= 11 is 1.87. The van der Waals surface area contributed by atoms with Crippen LogP contribution in [0.3, 0.4) is 0 Å². The van der Waals surface area contributed by atoms with Crippen molar-refractivity contribution in [1.29, 1.82) is 0 Å². The number of benzene rings is 1. The highest BCUT2D eigenvalue weighted by molar-refractivity contribution is 7.97. The average molecular weight is 331 g/mol. The van der Waals surface area contributed by atoms with E-state index in [9.17, 15) is 0 Å². The maximum absolute atomic E-state index is 5.38. The first-order valence-electron chi connectivity index (χ1n) is 8.31. The van der Waals surface area contributed by atoms with Crippen molar-refractivity contribution in [3.05, 3.63) is 30.5 Å². The minimum absolute atomic E-state index is 0.704. The Morgan fingerprint density at radius 1 is 1.26 bits per heavy atom. The maximum atomic E-state index is 5.38. The molecule has 4 nitrogen and oxygen atoms in total. The normalized spacial score (nSPS) is 16.8. The molecule has 0 spiro atoms. The molecule has 1 aliphatic rings. The third-order valence-electron chi connectivity index (χ3n) is 4.53. The third-order valence-corrected chi connectivity index (χ3v) is 5.70. The molecule has 1 fully saturated rings. The van der Waals surface area contributed by atoms with Crippen molar-refractivity contribution >= 4 is 22.7 Å². The molecule has 1 aliphatic heterocycles. The highest BCUT2D eigenvalue weighted by atomic mass is 32.2. The van der Waals surface area contributed by atoms with Gasteiger partial charge in [-0.05, 0) is 68.9 Å². The van der Waals surface area contributed by atoms with Crippen LogP contribution >= 0.6 is 11.9 Å². The molecule has 1 N–H and O–H groups in total. The van der Waals surface area contributed by atoms with Crippen LogP contribution in [0, 0.1) is 5.92 Å². The summed E-state index contributed by atoms with van der Waals surface area (Å²) in [4.78, 5) is 5.59. The van der Waals surface area contributed by atoms with Gasteiger partial charge in [-0.2, -0.15) is 0 Å². The molecule has 0 saturated carbocycles. The highest BCUT2D eigenvalue weighted by Crippen LogP contribution is 2.35. The molecule has 2 aromatic rings. The predicted molar refractivity (Wildman–Crippen MR) is 97.0 cm³/mol. The summed E-state index contributed by atoms with van der Waals surface area (Å²) < 4.78 is 7.88. The predicted octanol–water partition coefficient (Wildman–Crippen LogP) is 3.57. The number of rotatable bonds is 6. The monoisotopic (exact) mass is 331 g/mol. The van der Waals surface area contributed by atoms with Gasteiger partial charge in [0.1, 0.15) is 0 Å². The largest absolute Gasteiger partial charge is 0.481 e. The lowest BCUT2D eigenvalue weighted by atomic mass is 9.95. The zero-order chi connectivity index (χ0) is 16.1. The molecule has 23 heavy (non-hydrogen) atoms. The molecule has 0 atom stereocenters. The van der Waals surface area contributed by atoms with Crippen molar-refractivity contribution in [1.82, 2.24) is 14.6 Å². The van der Waals surface area contributed by atoms with Gasteiger partial charge < -0.3 is 10.1 Å². The Morgan fingerprint density at radius 2 is 2.09 bits per heavy atom. The number of nitrogens with zero attached hydrogens (tertiary/aromatic N) is 2. The van der Waals surface area contributed by atoms with Gasteiger partial charge in [0, 0.05) is 35.0 Å². The van der Waals surface area contributed by atoms with Crippen LogP contribution in [-0.4, -0.2) is 43.1 Å². The van der Waals surface area contributed by atoms with Gasteiger partial charge in [0.2, 0.25) is 5.88 Å². The Labute approximate surface area is 142 Å². The van der Waals surface area contributed by atoms with Gasteiger partial charge in [-0.15, -0.1) is 0 Å². The second kappa shape index (κ2) is 7.99. The number of hydrogen-bond acceptors (Lipinski definition) is 5. The Hall–Kier alpha value is -1.30. The van der Waals surface area contributed by atoms with E-state index in [2.05, 4.69) is 38.9 Å².